The molecule has 9 nitrogen and oxygen atoms in total. The van der Waals surface area contributed by atoms with Gasteiger partial charge >= 0.3 is 5.97 Å². The SMILES string of the molecule is NCc1ccc(S(=O)(=O)N2CCNCC2)cc1.O=C(O)c1ccc2nccn2c1. The van der Waals surface area contributed by atoms with Crippen LogP contribution in [0, 0.1) is 0 Å². The van der Waals surface area contributed by atoms with Gasteiger partial charge in [0.2, 0.25) is 10.0 Å². The standard InChI is InChI=1S/C11H17N3O2S.C8H6N2O2/c12-9-10-1-3-11(4-2-10)17(15,16)14-7-5-13-6-8-14;11-8(12)6-1-2-7-9-3-4-10(7)5-6/h1-4,13H,5-9,12H2;1-5H,(H,11,12). The highest BCUT2D eigenvalue weighted by Gasteiger charge is 2.25. The van der Waals surface area contributed by atoms with Crippen LogP contribution in [0.2, 0.25) is 0 Å². The Balaban J connectivity index is 0.000000176. The number of benzene rings is 1. The van der Waals surface area contributed by atoms with Crippen LogP contribution in [-0.2, 0) is 16.6 Å². The van der Waals surface area contributed by atoms with Crippen molar-refractivity contribution in [3.63, 3.8) is 0 Å². The van der Waals surface area contributed by atoms with Crippen molar-refractivity contribution in [1.29, 1.82) is 0 Å². The number of carboxylic acids is 1. The third-order valence-corrected chi connectivity index (χ3v) is 6.42. The second-order valence-electron chi connectivity index (χ2n) is 6.42. The van der Waals surface area contributed by atoms with E-state index >= 15 is 0 Å². The summed E-state index contributed by atoms with van der Waals surface area (Å²) in [6, 6.07) is 9.97. The number of carbonyl (C=O) groups is 1. The van der Waals surface area contributed by atoms with Gasteiger partial charge in [0.05, 0.1) is 10.5 Å². The first-order valence-electron chi connectivity index (χ1n) is 9.07. The number of imidazole rings is 1. The predicted molar refractivity (Wildman–Crippen MR) is 108 cm³/mol. The van der Waals surface area contributed by atoms with Crippen LogP contribution in [0.25, 0.3) is 5.65 Å². The molecule has 0 saturated carbocycles. The van der Waals surface area contributed by atoms with Gasteiger partial charge in [0, 0.05) is 51.3 Å². The number of nitrogens with zero attached hydrogens (tertiary/aromatic N) is 3. The zero-order chi connectivity index (χ0) is 20.9. The highest BCUT2D eigenvalue weighted by atomic mass is 32.2. The average molecular weight is 417 g/mol. The molecule has 0 aliphatic carbocycles. The van der Waals surface area contributed by atoms with E-state index < -0.39 is 16.0 Å². The summed E-state index contributed by atoms with van der Waals surface area (Å²) in [7, 11) is -3.33. The second-order valence-corrected chi connectivity index (χ2v) is 8.36. The van der Waals surface area contributed by atoms with Crippen molar-refractivity contribution in [2.24, 2.45) is 5.73 Å². The van der Waals surface area contributed by atoms with Crippen LogP contribution >= 0.6 is 0 Å². The van der Waals surface area contributed by atoms with Crippen LogP contribution in [0.15, 0.2) is 59.9 Å². The van der Waals surface area contributed by atoms with Gasteiger partial charge in [-0.05, 0) is 29.8 Å². The Hall–Kier alpha value is -2.79. The van der Waals surface area contributed by atoms with E-state index in [-0.39, 0.29) is 5.56 Å². The highest BCUT2D eigenvalue weighted by Crippen LogP contribution is 2.16. The van der Waals surface area contributed by atoms with Gasteiger partial charge in [-0.1, -0.05) is 12.1 Å². The Morgan fingerprint density at radius 2 is 1.83 bits per heavy atom. The van der Waals surface area contributed by atoms with Crippen LogP contribution in [0.1, 0.15) is 15.9 Å². The third kappa shape index (κ3) is 4.98. The molecule has 0 unspecified atom stereocenters. The number of rotatable bonds is 4. The fourth-order valence-electron chi connectivity index (χ4n) is 2.88. The van der Waals surface area contributed by atoms with E-state index in [0.717, 1.165) is 11.2 Å². The van der Waals surface area contributed by atoms with Gasteiger partial charge < -0.3 is 20.6 Å². The molecule has 0 radical (unpaired) electrons. The number of fused-ring (bicyclic) bond motifs is 1. The summed E-state index contributed by atoms with van der Waals surface area (Å²) in [5.74, 6) is -0.925. The van der Waals surface area contributed by atoms with E-state index in [4.69, 9.17) is 10.8 Å². The summed E-state index contributed by atoms with van der Waals surface area (Å²) >= 11 is 0. The van der Waals surface area contributed by atoms with Crippen LogP contribution < -0.4 is 11.1 Å². The van der Waals surface area contributed by atoms with Crippen molar-refractivity contribution in [3.8, 4) is 0 Å². The van der Waals surface area contributed by atoms with Gasteiger partial charge in [-0.25, -0.2) is 18.2 Å². The maximum atomic E-state index is 12.3. The Morgan fingerprint density at radius 1 is 1.14 bits per heavy atom. The molecule has 1 aromatic carbocycles. The van der Waals surface area contributed by atoms with Crippen molar-refractivity contribution in [3.05, 3.63) is 66.1 Å². The molecule has 10 heteroatoms. The van der Waals surface area contributed by atoms with E-state index in [1.165, 1.54) is 16.6 Å². The minimum atomic E-state index is -3.33. The van der Waals surface area contributed by atoms with Crippen molar-refractivity contribution >= 4 is 21.6 Å². The smallest absolute Gasteiger partial charge is 0.337 e. The van der Waals surface area contributed by atoms with Gasteiger partial charge in [-0.15, -0.1) is 0 Å². The fourth-order valence-corrected chi connectivity index (χ4v) is 4.32. The highest BCUT2D eigenvalue weighted by molar-refractivity contribution is 7.89. The minimum absolute atomic E-state index is 0.264. The number of aromatic carboxylic acids is 1. The Kier molecular flexibility index (Phi) is 6.60. The van der Waals surface area contributed by atoms with E-state index in [0.29, 0.717) is 37.6 Å². The van der Waals surface area contributed by atoms with Gasteiger partial charge in [0.1, 0.15) is 5.65 Å². The zero-order valence-corrected chi connectivity index (χ0v) is 16.5. The Morgan fingerprint density at radius 3 is 2.45 bits per heavy atom. The van der Waals surface area contributed by atoms with E-state index in [1.54, 1.807) is 47.1 Å². The van der Waals surface area contributed by atoms with Gasteiger partial charge in [-0.3, -0.25) is 0 Å². The van der Waals surface area contributed by atoms with E-state index in [1.807, 2.05) is 0 Å². The van der Waals surface area contributed by atoms with Crippen LogP contribution in [-0.4, -0.2) is 59.4 Å². The fraction of sp³-hybridized carbons (Fsp3) is 0.263. The summed E-state index contributed by atoms with van der Waals surface area (Å²) in [4.78, 5) is 14.9. The number of hydrogen-bond acceptors (Lipinski definition) is 6. The lowest BCUT2D eigenvalue weighted by Gasteiger charge is -2.26. The first kappa shape index (κ1) is 20.9. The van der Waals surface area contributed by atoms with Crippen molar-refractivity contribution in [2.45, 2.75) is 11.4 Å². The largest absolute Gasteiger partial charge is 0.478 e. The molecule has 1 saturated heterocycles. The summed E-state index contributed by atoms with van der Waals surface area (Å²) in [5.41, 5.74) is 7.43. The molecule has 1 aliphatic rings. The van der Waals surface area contributed by atoms with E-state index in [9.17, 15) is 13.2 Å². The maximum Gasteiger partial charge on any atom is 0.337 e. The normalized spacial score (nSPS) is 14.9. The van der Waals surface area contributed by atoms with Crippen LogP contribution in [0.3, 0.4) is 0 Å². The molecule has 1 fully saturated rings. The van der Waals surface area contributed by atoms with Crippen molar-refractivity contribution in [1.82, 2.24) is 19.0 Å². The summed E-state index contributed by atoms with van der Waals surface area (Å²) in [5, 5.41) is 11.8. The molecular formula is C19H23N5O4S. The summed E-state index contributed by atoms with van der Waals surface area (Å²) < 4.78 is 27.7. The molecule has 154 valence electrons. The van der Waals surface area contributed by atoms with Crippen LogP contribution in [0.5, 0.6) is 0 Å². The van der Waals surface area contributed by atoms with Gasteiger partial charge in [0.15, 0.2) is 0 Å². The van der Waals surface area contributed by atoms with E-state index in [2.05, 4.69) is 10.3 Å². The lowest BCUT2D eigenvalue weighted by molar-refractivity contribution is 0.0696. The number of carboxylic acid groups (broad SMARTS) is 1. The molecule has 4 N–H and O–H groups in total. The number of pyridine rings is 1. The molecule has 0 amide bonds. The Bertz CT molecular complexity index is 1070. The van der Waals surface area contributed by atoms with Gasteiger partial charge in [0.25, 0.3) is 0 Å². The predicted octanol–water partition coefficient (Wildman–Crippen LogP) is 0.772. The molecule has 29 heavy (non-hydrogen) atoms. The number of aromatic nitrogens is 2. The maximum absolute atomic E-state index is 12.3. The summed E-state index contributed by atoms with van der Waals surface area (Å²) in [6.45, 7) is 2.90. The first-order chi connectivity index (χ1) is 13.9. The first-order valence-corrected chi connectivity index (χ1v) is 10.5. The lowest BCUT2D eigenvalue weighted by Crippen LogP contribution is -2.46. The molecule has 0 atom stereocenters. The number of piperazine rings is 1. The minimum Gasteiger partial charge on any atom is -0.478 e. The quantitative estimate of drug-likeness (QED) is 0.572. The van der Waals surface area contributed by atoms with Crippen molar-refractivity contribution in [2.75, 3.05) is 26.2 Å². The number of nitrogens with one attached hydrogen (secondary N) is 1. The lowest BCUT2D eigenvalue weighted by atomic mass is 10.2. The summed E-state index contributed by atoms with van der Waals surface area (Å²) in [6.07, 6.45) is 4.87. The molecule has 3 heterocycles. The van der Waals surface area contributed by atoms with Crippen LogP contribution in [0.4, 0.5) is 0 Å². The van der Waals surface area contributed by atoms with Crippen molar-refractivity contribution < 1.29 is 18.3 Å². The third-order valence-electron chi connectivity index (χ3n) is 4.51. The molecule has 0 spiro atoms. The molecule has 2 aromatic heterocycles. The van der Waals surface area contributed by atoms with Gasteiger partial charge in [-0.2, -0.15) is 4.31 Å². The second kappa shape index (κ2) is 9.14. The average Bonchev–Trinajstić information content (AvgIpc) is 3.23. The molecule has 0 bridgehead atoms. The molecule has 4 rings (SSSR count). The topological polar surface area (TPSA) is 130 Å². The number of sulfonamides is 1. The molecular weight excluding hydrogens is 394 g/mol. The monoisotopic (exact) mass is 417 g/mol. The zero-order valence-electron chi connectivity index (χ0n) is 15.7. The molecule has 3 aromatic rings. The Labute approximate surface area is 168 Å². The number of hydrogen-bond donors (Lipinski definition) is 3. The molecule has 1 aliphatic heterocycles. The number of nitrogens with two attached hydrogens (primary N) is 1.